The molecule has 1 aliphatic heterocycles. The van der Waals surface area contributed by atoms with Gasteiger partial charge in [-0.3, -0.25) is 9.59 Å². The van der Waals surface area contributed by atoms with Gasteiger partial charge in [0.05, 0.1) is 11.8 Å². The molecule has 1 saturated heterocycles. The fourth-order valence-corrected chi connectivity index (χ4v) is 4.31. The Morgan fingerprint density at radius 2 is 2.20 bits per heavy atom. The van der Waals surface area contributed by atoms with Crippen LogP contribution in [0.25, 0.3) is 0 Å². The van der Waals surface area contributed by atoms with Gasteiger partial charge < -0.3 is 10.1 Å². The van der Waals surface area contributed by atoms with Crippen molar-refractivity contribution in [3.8, 4) is 0 Å². The highest BCUT2D eigenvalue weighted by Gasteiger charge is 2.63. The zero-order valence-electron chi connectivity index (χ0n) is 11.3. The standard InChI is InChI=1S/C16H17NO3/c1-8-3-2-4-10(5-8)17-15(18)13-9-6-11-12(7-9)20-16(19)14(11)13/h2-5,9,11-14H,6-7H2,1H3,(H,17,18)/t9-,11-,12+,13+,14-/m0/s1. The van der Waals surface area contributed by atoms with Crippen LogP contribution in [0, 0.1) is 30.6 Å². The van der Waals surface area contributed by atoms with Crippen LogP contribution in [0.2, 0.25) is 0 Å². The minimum atomic E-state index is -0.205. The molecule has 2 aliphatic carbocycles. The average molecular weight is 271 g/mol. The lowest BCUT2D eigenvalue weighted by atomic mass is 9.79. The van der Waals surface area contributed by atoms with E-state index in [1.807, 2.05) is 31.2 Å². The molecule has 1 amide bonds. The summed E-state index contributed by atoms with van der Waals surface area (Å²) in [4.78, 5) is 24.4. The van der Waals surface area contributed by atoms with E-state index in [9.17, 15) is 9.59 Å². The largest absolute Gasteiger partial charge is 0.462 e. The normalized spacial score (nSPS) is 37.0. The summed E-state index contributed by atoms with van der Waals surface area (Å²) < 4.78 is 5.37. The van der Waals surface area contributed by atoms with Crippen molar-refractivity contribution in [2.24, 2.45) is 23.7 Å². The molecular formula is C16H17NO3. The molecule has 0 unspecified atom stereocenters. The van der Waals surface area contributed by atoms with Crippen molar-refractivity contribution < 1.29 is 14.3 Å². The number of hydrogen-bond donors (Lipinski definition) is 1. The van der Waals surface area contributed by atoms with E-state index < -0.39 is 0 Å². The number of hydrogen-bond acceptors (Lipinski definition) is 3. The molecule has 0 radical (unpaired) electrons. The van der Waals surface area contributed by atoms with E-state index in [0.717, 1.165) is 24.1 Å². The number of carbonyl (C=O) groups is 2. The molecule has 104 valence electrons. The molecule has 1 heterocycles. The quantitative estimate of drug-likeness (QED) is 0.838. The van der Waals surface area contributed by atoms with Crippen molar-refractivity contribution in [3.05, 3.63) is 29.8 Å². The Bertz CT molecular complexity index is 595. The molecular weight excluding hydrogens is 254 g/mol. The second-order valence-electron chi connectivity index (χ2n) is 6.28. The van der Waals surface area contributed by atoms with Crippen LogP contribution in [0.3, 0.4) is 0 Å². The fourth-order valence-electron chi connectivity index (χ4n) is 4.31. The van der Waals surface area contributed by atoms with E-state index in [4.69, 9.17) is 4.74 Å². The van der Waals surface area contributed by atoms with Crippen LogP contribution in [-0.2, 0) is 14.3 Å². The summed E-state index contributed by atoms with van der Waals surface area (Å²) in [5, 5.41) is 2.97. The van der Waals surface area contributed by atoms with Crippen LogP contribution in [0.15, 0.2) is 24.3 Å². The first-order chi connectivity index (χ1) is 9.63. The first-order valence-corrected chi connectivity index (χ1v) is 7.21. The lowest BCUT2D eigenvalue weighted by Crippen LogP contribution is -2.35. The van der Waals surface area contributed by atoms with Crippen LogP contribution in [0.5, 0.6) is 0 Å². The van der Waals surface area contributed by atoms with E-state index >= 15 is 0 Å². The Labute approximate surface area is 117 Å². The van der Waals surface area contributed by atoms with Gasteiger partial charge in [-0.25, -0.2) is 0 Å². The molecule has 1 aromatic rings. The Morgan fingerprint density at radius 3 is 3.00 bits per heavy atom. The van der Waals surface area contributed by atoms with Gasteiger partial charge in [0, 0.05) is 11.6 Å². The molecule has 20 heavy (non-hydrogen) atoms. The minimum absolute atomic E-state index is 0.0228. The van der Waals surface area contributed by atoms with E-state index in [1.165, 1.54) is 0 Å². The number of aryl methyl sites for hydroxylation is 1. The van der Waals surface area contributed by atoms with Crippen LogP contribution >= 0.6 is 0 Å². The number of fused-ring (bicyclic) bond motifs is 1. The van der Waals surface area contributed by atoms with Gasteiger partial charge in [0.25, 0.3) is 0 Å². The summed E-state index contributed by atoms with van der Waals surface area (Å²) >= 11 is 0. The van der Waals surface area contributed by atoms with Gasteiger partial charge in [0.15, 0.2) is 0 Å². The maximum absolute atomic E-state index is 12.5. The van der Waals surface area contributed by atoms with Gasteiger partial charge >= 0.3 is 5.97 Å². The lowest BCUT2D eigenvalue weighted by Gasteiger charge is -2.23. The maximum Gasteiger partial charge on any atom is 0.310 e. The first-order valence-electron chi connectivity index (χ1n) is 7.21. The number of benzene rings is 1. The maximum atomic E-state index is 12.5. The number of anilines is 1. The van der Waals surface area contributed by atoms with Gasteiger partial charge in [0.1, 0.15) is 6.10 Å². The summed E-state index contributed by atoms with van der Waals surface area (Å²) in [7, 11) is 0. The first kappa shape index (κ1) is 11.9. The molecule has 0 spiro atoms. The highest BCUT2D eigenvalue weighted by atomic mass is 16.6. The van der Waals surface area contributed by atoms with Crippen molar-refractivity contribution in [2.75, 3.05) is 5.32 Å². The van der Waals surface area contributed by atoms with Gasteiger partial charge in [0.2, 0.25) is 5.91 Å². The fraction of sp³-hybridized carbons (Fsp3) is 0.500. The third-order valence-corrected chi connectivity index (χ3v) is 5.07. The van der Waals surface area contributed by atoms with Gasteiger partial charge in [-0.2, -0.15) is 0 Å². The molecule has 4 rings (SSSR count). The molecule has 4 nitrogen and oxygen atoms in total. The molecule has 4 heteroatoms. The number of rotatable bonds is 2. The minimum Gasteiger partial charge on any atom is -0.462 e. The predicted octanol–water partition coefficient (Wildman–Crippen LogP) is 2.13. The van der Waals surface area contributed by atoms with E-state index in [1.54, 1.807) is 0 Å². The summed E-state index contributed by atoms with van der Waals surface area (Å²) in [6, 6.07) is 7.74. The zero-order chi connectivity index (χ0) is 13.9. The zero-order valence-corrected chi connectivity index (χ0v) is 11.3. The van der Waals surface area contributed by atoms with Crippen molar-refractivity contribution in [2.45, 2.75) is 25.9 Å². The van der Waals surface area contributed by atoms with Crippen LogP contribution < -0.4 is 5.32 Å². The van der Waals surface area contributed by atoms with Gasteiger partial charge in [-0.1, -0.05) is 12.1 Å². The number of nitrogens with one attached hydrogen (secondary N) is 1. The second-order valence-corrected chi connectivity index (χ2v) is 6.28. The topological polar surface area (TPSA) is 55.4 Å². The number of amides is 1. The average Bonchev–Trinajstić information content (AvgIpc) is 2.99. The van der Waals surface area contributed by atoms with Crippen molar-refractivity contribution >= 4 is 17.6 Å². The lowest BCUT2D eigenvalue weighted by molar-refractivity contribution is -0.145. The second kappa shape index (κ2) is 4.08. The summed E-state index contributed by atoms with van der Waals surface area (Å²) in [5.74, 6) is -0.00266. The highest BCUT2D eigenvalue weighted by Crippen LogP contribution is 2.57. The molecule has 5 atom stereocenters. The monoisotopic (exact) mass is 271 g/mol. The molecule has 0 aromatic heterocycles. The van der Waals surface area contributed by atoms with Gasteiger partial charge in [-0.15, -0.1) is 0 Å². The molecule has 3 aliphatic rings. The van der Waals surface area contributed by atoms with Crippen LogP contribution in [0.1, 0.15) is 18.4 Å². The third kappa shape index (κ3) is 1.60. The molecule has 2 saturated carbocycles. The molecule has 1 aromatic carbocycles. The van der Waals surface area contributed by atoms with Crippen molar-refractivity contribution in [3.63, 3.8) is 0 Å². The Morgan fingerprint density at radius 1 is 1.35 bits per heavy atom. The van der Waals surface area contributed by atoms with E-state index in [2.05, 4.69) is 5.32 Å². The van der Waals surface area contributed by atoms with Crippen molar-refractivity contribution in [1.82, 2.24) is 0 Å². The Hall–Kier alpha value is -1.84. The number of esters is 1. The smallest absolute Gasteiger partial charge is 0.310 e. The van der Waals surface area contributed by atoms with Crippen LogP contribution in [0.4, 0.5) is 5.69 Å². The Balaban J connectivity index is 1.56. The summed E-state index contributed by atoms with van der Waals surface area (Å²) in [6.45, 7) is 1.99. The Kier molecular flexibility index (Phi) is 2.43. The van der Waals surface area contributed by atoms with E-state index in [-0.39, 0.29) is 35.7 Å². The molecule has 2 bridgehead atoms. The predicted molar refractivity (Wildman–Crippen MR) is 72.9 cm³/mol. The number of ether oxygens (including phenoxy) is 1. The summed E-state index contributed by atoms with van der Waals surface area (Å²) in [6.07, 6.45) is 1.91. The van der Waals surface area contributed by atoms with Crippen LogP contribution in [-0.4, -0.2) is 18.0 Å². The summed E-state index contributed by atoms with van der Waals surface area (Å²) in [5.41, 5.74) is 1.91. The number of carbonyl (C=O) groups excluding carboxylic acids is 2. The molecule has 1 N–H and O–H groups in total. The van der Waals surface area contributed by atoms with E-state index in [0.29, 0.717) is 5.92 Å². The molecule has 3 fully saturated rings. The van der Waals surface area contributed by atoms with Gasteiger partial charge in [-0.05, 0) is 43.4 Å². The highest BCUT2D eigenvalue weighted by molar-refractivity contribution is 5.97. The van der Waals surface area contributed by atoms with Crippen molar-refractivity contribution in [1.29, 1.82) is 0 Å². The third-order valence-electron chi connectivity index (χ3n) is 5.07. The SMILES string of the molecule is Cc1cccc(NC(=O)[C@@H]2[C@H]3C[C@@H]4[C@@H]2C(=O)O[C@@H]4C3)c1.